The van der Waals surface area contributed by atoms with Crippen LogP contribution in [0.2, 0.25) is 10.0 Å². The van der Waals surface area contributed by atoms with Crippen molar-refractivity contribution in [2.75, 3.05) is 0 Å². The van der Waals surface area contributed by atoms with Crippen molar-refractivity contribution in [3.63, 3.8) is 0 Å². The lowest BCUT2D eigenvalue weighted by Gasteiger charge is -2.19. The number of amides is 1. The van der Waals surface area contributed by atoms with Gasteiger partial charge in [0.25, 0.3) is 0 Å². The average molecular weight is 374 g/mol. The van der Waals surface area contributed by atoms with Gasteiger partial charge in [-0.25, -0.2) is 4.98 Å². The minimum absolute atomic E-state index is 0.116. The first-order chi connectivity index (χ1) is 12.0. The van der Waals surface area contributed by atoms with Crippen LogP contribution in [0.15, 0.2) is 60.9 Å². The van der Waals surface area contributed by atoms with E-state index in [0.29, 0.717) is 10.0 Å². The molecule has 1 N–H and O–H groups in total. The number of rotatable bonds is 5. The van der Waals surface area contributed by atoms with Crippen molar-refractivity contribution in [3.8, 4) is 0 Å². The summed E-state index contributed by atoms with van der Waals surface area (Å²) in [5.74, 6) is 0.656. The minimum Gasteiger partial charge on any atom is -0.342 e. The summed E-state index contributed by atoms with van der Waals surface area (Å²) in [7, 11) is 1.91. The van der Waals surface area contributed by atoms with Gasteiger partial charge in [0.05, 0.1) is 16.5 Å². The third-order valence-corrected chi connectivity index (χ3v) is 4.64. The molecule has 1 atom stereocenters. The molecule has 0 fully saturated rings. The SMILES string of the molecule is Cn1ccnc1C(NC(=O)Cc1ccc(Cl)c(Cl)c1)c1ccccc1. The molecule has 3 rings (SSSR count). The number of nitrogens with zero attached hydrogens (tertiary/aromatic N) is 2. The topological polar surface area (TPSA) is 46.9 Å². The van der Waals surface area contributed by atoms with Crippen LogP contribution < -0.4 is 5.32 Å². The van der Waals surface area contributed by atoms with Gasteiger partial charge in [0.1, 0.15) is 11.9 Å². The molecule has 1 aromatic heterocycles. The predicted octanol–water partition coefficient (Wildman–Crippen LogP) is 4.18. The first kappa shape index (κ1) is 17.5. The Morgan fingerprint density at radius 1 is 1.16 bits per heavy atom. The molecular weight excluding hydrogens is 357 g/mol. The summed E-state index contributed by atoms with van der Waals surface area (Å²) in [5.41, 5.74) is 1.78. The van der Waals surface area contributed by atoms with Crippen molar-refractivity contribution in [2.45, 2.75) is 12.5 Å². The first-order valence-electron chi connectivity index (χ1n) is 7.80. The Hall–Kier alpha value is -2.30. The lowest BCUT2D eigenvalue weighted by Crippen LogP contribution is -2.32. The Morgan fingerprint density at radius 3 is 2.56 bits per heavy atom. The largest absolute Gasteiger partial charge is 0.342 e. The van der Waals surface area contributed by atoms with Crippen molar-refractivity contribution in [1.82, 2.24) is 14.9 Å². The summed E-state index contributed by atoms with van der Waals surface area (Å²) in [6.07, 6.45) is 3.79. The molecule has 1 heterocycles. The van der Waals surface area contributed by atoms with Crippen molar-refractivity contribution < 1.29 is 4.79 Å². The molecule has 0 radical (unpaired) electrons. The molecule has 2 aromatic carbocycles. The van der Waals surface area contributed by atoms with Crippen LogP contribution in [0.5, 0.6) is 0 Å². The van der Waals surface area contributed by atoms with Crippen LogP contribution in [0.4, 0.5) is 0 Å². The number of aromatic nitrogens is 2. The molecule has 0 aliphatic rings. The highest BCUT2D eigenvalue weighted by Gasteiger charge is 2.20. The van der Waals surface area contributed by atoms with E-state index in [2.05, 4.69) is 10.3 Å². The van der Waals surface area contributed by atoms with Gasteiger partial charge in [-0.1, -0.05) is 59.6 Å². The van der Waals surface area contributed by atoms with Crippen LogP contribution in [-0.2, 0) is 18.3 Å². The van der Waals surface area contributed by atoms with Crippen molar-refractivity contribution in [3.05, 3.63) is 87.9 Å². The van der Waals surface area contributed by atoms with Crippen LogP contribution in [0.1, 0.15) is 23.0 Å². The molecule has 4 nitrogen and oxygen atoms in total. The van der Waals surface area contributed by atoms with Crippen LogP contribution in [-0.4, -0.2) is 15.5 Å². The number of carbonyl (C=O) groups excluding carboxylic acids is 1. The fourth-order valence-corrected chi connectivity index (χ4v) is 2.97. The normalized spacial score (nSPS) is 12.0. The fourth-order valence-electron chi connectivity index (χ4n) is 2.64. The van der Waals surface area contributed by atoms with Crippen LogP contribution in [0.3, 0.4) is 0 Å². The maximum atomic E-state index is 12.6. The second kappa shape index (κ2) is 7.72. The molecule has 0 saturated carbocycles. The fraction of sp³-hybridized carbons (Fsp3) is 0.158. The van der Waals surface area contributed by atoms with E-state index in [9.17, 15) is 4.79 Å². The van der Waals surface area contributed by atoms with E-state index in [1.54, 1.807) is 24.4 Å². The summed E-state index contributed by atoms with van der Waals surface area (Å²) < 4.78 is 1.90. The molecular formula is C19H17Cl2N3O. The third kappa shape index (κ3) is 4.21. The minimum atomic E-state index is -0.323. The molecule has 3 aromatic rings. The first-order valence-corrected chi connectivity index (χ1v) is 8.55. The maximum Gasteiger partial charge on any atom is 0.225 e. The molecule has 0 aliphatic carbocycles. The Balaban J connectivity index is 1.81. The summed E-state index contributed by atoms with van der Waals surface area (Å²) in [6, 6.07) is 14.6. The van der Waals surface area contributed by atoms with Gasteiger partial charge >= 0.3 is 0 Å². The number of carbonyl (C=O) groups is 1. The summed E-state index contributed by atoms with van der Waals surface area (Å²) in [6.45, 7) is 0. The second-order valence-electron chi connectivity index (χ2n) is 5.73. The van der Waals surface area contributed by atoms with E-state index in [1.165, 1.54) is 0 Å². The van der Waals surface area contributed by atoms with Crippen molar-refractivity contribution in [1.29, 1.82) is 0 Å². The number of benzene rings is 2. The Kier molecular flexibility index (Phi) is 5.41. The van der Waals surface area contributed by atoms with Gasteiger partial charge in [0, 0.05) is 19.4 Å². The lowest BCUT2D eigenvalue weighted by molar-refractivity contribution is -0.121. The zero-order valence-electron chi connectivity index (χ0n) is 13.6. The zero-order chi connectivity index (χ0) is 17.8. The lowest BCUT2D eigenvalue weighted by atomic mass is 10.1. The van der Waals surface area contributed by atoms with Crippen molar-refractivity contribution in [2.24, 2.45) is 7.05 Å². The molecule has 1 amide bonds. The van der Waals surface area contributed by atoms with Gasteiger partial charge in [-0.2, -0.15) is 0 Å². The van der Waals surface area contributed by atoms with Crippen LogP contribution >= 0.6 is 23.2 Å². The zero-order valence-corrected chi connectivity index (χ0v) is 15.1. The monoisotopic (exact) mass is 373 g/mol. The van der Waals surface area contributed by atoms with E-state index < -0.39 is 0 Å². The molecule has 6 heteroatoms. The summed E-state index contributed by atoms with van der Waals surface area (Å²) in [5, 5.41) is 3.97. The predicted molar refractivity (Wildman–Crippen MR) is 99.8 cm³/mol. The maximum absolute atomic E-state index is 12.6. The molecule has 0 saturated heterocycles. The Morgan fingerprint density at radius 2 is 1.92 bits per heavy atom. The van der Waals surface area contributed by atoms with Gasteiger partial charge in [-0.3, -0.25) is 4.79 Å². The number of imidazole rings is 1. The quantitative estimate of drug-likeness (QED) is 0.729. The summed E-state index contributed by atoms with van der Waals surface area (Å²) in [4.78, 5) is 17.0. The van der Waals surface area contributed by atoms with E-state index in [-0.39, 0.29) is 18.4 Å². The van der Waals surface area contributed by atoms with Gasteiger partial charge in [0.2, 0.25) is 5.91 Å². The number of nitrogens with one attached hydrogen (secondary N) is 1. The second-order valence-corrected chi connectivity index (χ2v) is 6.55. The van der Waals surface area contributed by atoms with Gasteiger partial charge in [-0.15, -0.1) is 0 Å². The molecule has 25 heavy (non-hydrogen) atoms. The highest BCUT2D eigenvalue weighted by atomic mass is 35.5. The van der Waals surface area contributed by atoms with E-state index in [4.69, 9.17) is 23.2 Å². The number of aryl methyl sites for hydroxylation is 1. The third-order valence-electron chi connectivity index (χ3n) is 3.90. The highest BCUT2D eigenvalue weighted by molar-refractivity contribution is 6.42. The molecule has 0 aliphatic heterocycles. The Bertz CT molecular complexity index is 877. The van der Waals surface area contributed by atoms with E-state index >= 15 is 0 Å². The molecule has 0 bridgehead atoms. The number of hydrogen-bond donors (Lipinski definition) is 1. The van der Waals surface area contributed by atoms with E-state index in [0.717, 1.165) is 17.0 Å². The Labute approximate surface area is 156 Å². The average Bonchev–Trinajstić information content (AvgIpc) is 3.03. The van der Waals surface area contributed by atoms with Crippen LogP contribution in [0.25, 0.3) is 0 Å². The van der Waals surface area contributed by atoms with Crippen molar-refractivity contribution >= 4 is 29.1 Å². The standard InChI is InChI=1S/C19H17Cl2N3O/c1-24-10-9-22-19(24)18(14-5-3-2-4-6-14)23-17(25)12-13-7-8-15(20)16(21)11-13/h2-11,18H,12H2,1H3,(H,23,25). The molecule has 1 unspecified atom stereocenters. The molecule has 128 valence electrons. The van der Waals surface area contributed by atoms with Gasteiger partial charge in [0.15, 0.2) is 0 Å². The molecule has 0 spiro atoms. The van der Waals surface area contributed by atoms with Gasteiger partial charge < -0.3 is 9.88 Å². The van der Waals surface area contributed by atoms with Crippen LogP contribution in [0, 0.1) is 0 Å². The van der Waals surface area contributed by atoms with Gasteiger partial charge in [-0.05, 0) is 23.3 Å². The van der Waals surface area contributed by atoms with E-state index in [1.807, 2.05) is 48.1 Å². The number of hydrogen-bond acceptors (Lipinski definition) is 2. The smallest absolute Gasteiger partial charge is 0.225 e. The summed E-state index contributed by atoms with van der Waals surface area (Å²) >= 11 is 11.9. The number of halogens is 2. The highest BCUT2D eigenvalue weighted by Crippen LogP contribution is 2.24.